The van der Waals surface area contributed by atoms with Crippen molar-refractivity contribution in [2.75, 3.05) is 44.2 Å². The van der Waals surface area contributed by atoms with E-state index in [4.69, 9.17) is 0 Å². The SMILES string of the molecule is CC1SC2(CCCC2)C(=O)N1CCCCN1CCN(c2cn(-c3ccccc3)c3cc(F)ccc23)CC1. The predicted octanol–water partition coefficient (Wildman–Crippen LogP) is 5.91. The number of rotatable bonds is 7. The van der Waals surface area contributed by atoms with Crippen LogP contribution in [0.5, 0.6) is 0 Å². The molecule has 1 spiro atoms. The third-order valence-electron chi connectivity index (χ3n) is 8.51. The lowest BCUT2D eigenvalue weighted by Crippen LogP contribution is -2.46. The van der Waals surface area contributed by atoms with Gasteiger partial charge in [0.1, 0.15) is 5.82 Å². The normalized spacial score (nSPS) is 22.1. The van der Waals surface area contributed by atoms with E-state index in [9.17, 15) is 9.18 Å². The molecule has 1 unspecified atom stereocenters. The zero-order valence-electron chi connectivity index (χ0n) is 21.7. The number of carbonyl (C=O) groups is 1. The molecule has 196 valence electrons. The Labute approximate surface area is 223 Å². The Balaban J connectivity index is 1.04. The lowest BCUT2D eigenvalue weighted by molar-refractivity contribution is -0.132. The number of piperazine rings is 1. The first kappa shape index (κ1) is 24.8. The number of anilines is 1. The first-order valence-electron chi connectivity index (χ1n) is 13.9. The van der Waals surface area contributed by atoms with Crippen LogP contribution in [0.2, 0.25) is 0 Å². The molecule has 7 heteroatoms. The molecule has 0 N–H and O–H groups in total. The molecule has 0 bridgehead atoms. The van der Waals surface area contributed by atoms with E-state index in [0.717, 1.165) is 81.5 Å². The van der Waals surface area contributed by atoms with Crippen molar-refractivity contribution in [3.05, 3.63) is 60.5 Å². The number of benzene rings is 2. The number of hydrogen-bond donors (Lipinski definition) is 0. The maximum atomic E-state index is 14.1. The molecule has 3 aromatic rings. The summed E-state index contributed by atoms with van der Waals surface area (Å²) in [6.45, 7) is 8.16. The smallest absolute Gasteiger partial charge is 0.239 e. The Kier molecular flexibility index (Phi) is 6.93. The first-order valence-corrected chi connectivity index (χ1v) is 14.7. The average molecular weight is 521 g/mol. The van der Waals surface area contributed by atoms with Gasteiger partial charge < -0.3 is 14.4 Å². The average Bonchev–Trinajstić information content (AvgIpc) is 3.60. The third-order valence-corrected chi connectivity index (χ3v) is 10.1. The minimum atomic E-state index is -0.207. The van der Waals surface area contributed by atoms with E-state index in [1.807, 2.05) is 36.0 Å². The van der Waals surface area contributed by atoms with Gasteiger partial charge in [0.15, 0.2) is 0 Å². The van der Waals surface area contributed by atoms with Crippen LogP contribution in [0.1, 0.15) is 45.4 Å². The number of nitrogens with zero attached hydrogens (tertiary/aromatic N) is 4. The molecule has 1 saturated carbocycles. The van der Waals surface area contributed by atoms with Crippen molar-refractivity contribution >= 4 is 34.3 Å². The van der Waals surface area contributed by atoms with Gasteiger partial charge in [-0.2, -0.15) is 0 Å². The zero-order chi connectivity index (χ0) is 25.4. The van der Waals surface area contributed by atoms with Crippen molar-refractivity contribution in [1.82, 2.24) is 14.4 Å². The summed E-state index contributed by atoms with van der Waals surface area (Å²) in [6.07, 6.45) is 8.91. The molecule has 3 heterocycles. The molecule has 0 radical (unpaired) electrons. The van der Waals surface area contributed by atoms with Crippen molar-refractivity contribution in [1.29, 1.82) is 0 Å². The summed E-state index contributed by atoms with van der Waals surface area (Å²) in [7, 11) is 0. The molecule has 5 nitrogen and oxygen atoms in total. The van der Waals surface area contributed by atoms with Gasteiger partial charge in [0.2, 0.25) is 5.91 Å². The van der Waals surface area contributed by atoms with Crippen molar-refractivity contribution in [3.8, 4) is 5.69 Å². The van der Waals surface area contributed by atoms with Crippen LogP contribution in [0.3, 0.4) is 0 Å². The maximum Gasteiger partial charge on any atom is 0.239 e. The summed E-state index contributed by atoms with van der Waals surface area (Å²) in [5.41, 5.74) is 3.14. The zero-order valence-corrected chi connectivity index (χ0v) is 22.6. The van der Waals surface area contributed by atoms with Gasteiger partial charge in [0.25, 0.3) is 0 Å². The molecule has 1 amide bonds. The van der Waals surface area contributed by atoms with Crippen LogP contribution < -0.4 is 4.90 Å². The second kappa shape index (κ2) is 10.3. The summed E-state index contributed by atoms with van der Waals surface area (Å²) in [6, 6.07) is 15.3. The van der Waals surface area contributed by atoms with Crippen LogP contribution in [0.25, 0.3) is 16.6 Å². The van der Waals surface area contributed by atoms with E-state index in [0.29, 0.717) is 11.3 Å². The number of amides is 1. The fraction of sp³-hybridized carbons (Fsp3) is 0.500. The molecule has 1 aromatic heterocycles. The van der Waals surface area contributed by atoms with Gasteiger partial charge in [0.05, 0.1) is 21.3 Å². The Hall–Kier alpha value is -2.51. The third kappa shape index (κ3) is 4.76. The molecule has 2 aliphatic heterocycles. The summed E-state index contributed by atoms with van der Waals surface area (Å²) < 4.78 is 16.2. The van der Waals surface area contributed by atoms with Crippen molar-refractivity contribution < 1.29 is 9.18 Å². The molecule has 3 aliphatic rings. The van der Waals surface area contributed by atoms with Crippen molar-refractivity contribution in [2.24, 2.45) is 0 Å². The van der Waals surface area contributed by atoms with Crippen molar-refractivity contribution in [3.63, 3.8) is 0 Å². The Bertz CT molecular complexity index is 1250. The quantitative estimate of drug-likeness (QED) is 0.363. The van der Waals surface area contributed by atoms with Crippen LogP contribution in [0, 0.1) is 5.82 Å². The second-order valence-electron chi connectivity index (χ2n) is 10.8. The minimum absolute atomic E-state index is 0.0921. The predicted molar refractivity (Wildman–Crippen MR) is 151 cm³/mol. The van der Waals surface area contributed by atoms with Crippen LogP contribution >= 0.6 is 11.8 Å². The van der Waals surface area contributed by atoms with Gasteiger partial charge in [-0.15, -0.1) is 11.8 Å². The van der Waals surface area contributed by atoms with Crippen LogP contribution in [0.4, 0.5) is 10.1 Å². The summed E-state index contributed by atoms with van der Waals surface area (Å²) in [5, 5.41) is 1.42. The van der Waals surface area contributed by atoms with Gasteiger partial charge in [0, 0.05) is 50.0 Å². The largest absolute Gasteiger partial charge is 0.367 e. The summed E-state index contributed by atoms with van der Waals surface area (Å²) in [4.78, 5) is 20.2. The first-order chi connectivity index (χ1) is 18.0. The Morgan fingerprint density at radius 3 is 2.46 bits per heavy atom. The number of unbranched alkanes of at least 4 members (excludes halogenated alkanes) is 1. The van der Waals surface area contributed by atoms with E-state index in [2.05, 4.69) is 44.5 Å². The molecule has 2 aromatic carbocycles. The van der Waals surface area contributed by atoms with Gasteiger partial charge >= 0.3 is 0 Å². The van der Waals surface area contributed by atoms with Gasteiger partial charge in [-0.3, -0.25) is 9.69 Å². The van der Waals surface area contributed by atoms with E-state index >= 15 is 0 Å². The fourth-order valence-corrected chi connectivity index (χ4v) is 8.22. The van der Waals surface area contributed by atoms with Crippen LogP contribution in [-0.2, 0) is 4.79 Å². The number of fused-ring (bicyclic) bond motifs is 1. The Morgan fingerprint density at radius 2 is 1.70 bits per heavy atom. The van der Waals surface area contributed by atoms with Gasteiger partial charge in [-0.1, -0.05) is 31.0 Å². The molecule has 1 aliphatic carbocycles. The highest BCUT2D eigenvalue weighted by atomic mass is 32.2. The van der Waals surface area contributed by atoms with E-state index < -0.39 is 0 Å². The van der Waals surface area contributed by atoms with Gasteiger partial charge in [-0.25, -0.2) is 4.39 Å². The number of para-hydroxylation sites is 1. The van der Waals surface area contributed by atoms with E-state index in [1.54, 1.807) is 12.1 Å². The molecule has 3 fully saturated rings. The van der Waals surface area contributed by atoms with Crippen LogP contribution in [0.15, 0.2) is 54.7 Å². The molecular formula is C30H37FN4OS. The van der Waals surface area contributed by atoms with Gasteiger partial charge in [-0.05, 0) is 69.5 Å². The molecule has 2 saturated heterocycles. The number of carbonyl (C=O) groups excluding carboxylic acids is 1. The second-order valence-corrected chi connectivity index (χ2v) is 12.5. The summed E-state index contributed by atoms with van der Waals surface area (Å²) >= 11 is 1.92. The molecule has 1 atom stereocenters. The molecule has 6 rings (SSSR count). The summed E-state index contributed by atoms with van der Waals surface area (Å²) in [5.74, 6) is 0.201. The lowest BCUT2D eigenvalue weighted by Gasteiger charge is -2.36. The highest BCUT2D eigenvalue weighted by molar-refractivity contribution is 8.02. The molecular weight excluding hydrogens is 483 g/mol. The topological polar surface area (TPSA) is 31.7 Å². The number of aromatic nitrogens is 1. The lowest BCUT2D eigenvalue weighted by atomic mass is 10.1. The van der Waals surface area contributed by atoms with Crippen molar-refractivity contribution in [2.45, 2.75) is 55.6 Å². The fourth-order valence-electron chi connectivity index (χ4n) is 6.49. The Morgan fingerprint density at radius 1 is 0.973 bits per heavy atom. The van der Waals surface area contributed by atoms with E-state index in [-0.39, 0.29) is 10.6 Å². The monoisotopic (exact) mass is 520 g/mol. The number of thioether (sulfide) groups is 1. The maximum absolute atomic E-state index is 14.1. The minimum Gasteiger partial charge on any atom is -0.367 e. The van der Waals surface area contributed by atoms with E-state index in [1.165, 1.54) is 18.5 Å². The van der Waals surface area contributed by atoms with Crippen LogP contribution in [-0.4, -0.2) is 69.7 Å². The number of hydrogen-bond acceptors (Lipinski definition) is 4. The highest BCUT2D eigenvalue weighted by Gasteiger charge is 2.51. The standard InChI is InChI=1S/C30H37FN4OS/c1-23-34(29(36)30(37-23)13-5-6-14-30)16-8-7-15-32-17-19-33(20-18-32)28-22-35(25-9-3-2-4-10-25)27-21-24(31)11-12-26(27)28/h2-4,9-12,21-23H,5-8,13-20H2,1H3. The highest BCUT2D eigenvalue weighted by Crippen LogP contribution is 2.50. The number of halogens is 1. The molecule has 37 heavy (non-hydrogen) atoms.